The van der Waals surface area contributed by atoms with E-state index in [0.717, 1.165) is 0 Å². The number of carbonyl (C=O) groups is 4. The van der Waals surface area contributed by atoms with Gasteiger partial charge in [-0.15, -0.1) is 0 Å². The number of alkyl carbamates (subject to hydrolysis) is 1. The van der Waals surface area contributed by atoms with Crippen molar-refractivity contribution in [2.75, 3.05) is 6.54 Å². The first-order chi connectivity index (χ1) is 22.9. The number of ether oxygens (including phenoxy) is 2. The normalized spacial score (nSPS) is 19.1. The van der Waals surface area contributed by atoms with Crippen molar-refractivity contribution in [3.8, 4) is 0 Å². The number of nitrogens with two attached hydrogens (primary N) is 1. The van der Waals surface area contributed by atoms with Gasteiger partial charge >= 0.3 is 18.0 Å². The van der Waals surface area contributed by atoms with Crippen LogP contribution in [0.5, 0.6) is 0 Å². The second kappa shape index (κ2) is 15.1. The topological polar surface area (TPSA) is 158 Å². The summed E-state index contributed by atoms with van der Waals surface area (Å²) < 4.78 is 10.5. The van der Waals surface area contributed by atoms with E-state index in [-0.39, 0.29) is 25.2 Å². The van der Waals surface area contributed by atoms with Crippen molar-refractivity contribution in [3.63, 3.8) is 0 Å². The largest absolute Gasteiger partial charge is 0.456 e. The molecule has 1 fully saturated rings. The fourth-order valence-corrected chi connectivity index (χ4v) is 6.46. The molecule has 2 aromatic carbocycles. The molecular formula is C37H46ClN4O7+. The van der Waals surface area contributed by atoms with Crippen molar-refractivity contribution >= 4 is 35.5 Å². The third kappa shape index (κ3) is 9.44. The maximum absolute atomic E-state index is 14.9. The van der Waals surface area contributed by atoms with E-state index >= 15 is 0 Å². The molecule has 3 aromatic rings. The number of likely N-dealkylation sites (tertiary alicyclic amines) is 1. The molecule has 11 nitrogen and oxygen atoms in total. The molecule has 2 heterocycles. The molecule has 0 saturated carbocycles. The van der Waals surface area contributed by atoms with E-state index in [1.807, 2.05) is 0 Å². The zero-order valence-corrected chi connectivity index (χ0v) is 29.6. The van der Waals surface area contributed by atoms with Crippen LogP contribution in [0.2, 0.25) is 5.02 Å². The van der Waals surface area contributed by atoms with Crippen LogP contribution in [0.3, 0.4) is 0 Å². The molecule has 12 heteroatoms. The average molecular weight is 694 g/mol. The van der Waals surface area contributed by atoms with Crippen molar-refractivity contribution in [2.24, 2.45) is 5.73 Å². The lowest BCUT2D eigenvalue weighted by molar-refractivity contribution is -0.872. The minimum atomic E-state index is -1.70. The van der Waals surface area contributed by atoms with Crippen LogP contribution in [0.4, 0.5) is 4.79 Å². The van der Waals surface area contributed by atoms with E-state index in [1.165, 1.54) is 0 Å². The summed E-state index contributed by atoms with van der Waals surface area (Å²) in [6, 6.07) is 15.9. The minimum absolute atomic E-state index is 0.0255. The Morgan fingerprint density at radius 3 is 2.33 bits per heavy atom. The summed E-state index contributed by atoms with van der Waals surface area (Å²) >= 11 is 6.44. The average Bonchev–Trinajstić information content (AvgIpc) is 3.44. The monoisotopic (exact) mass is 693 g/mol. The summed E-state index contributed by atoms with van der Waals surface area (Å²) in [5, 5.41) is 15.3. The van der Waals surface area contributed by atoms with E-state index in [9.17, 15) is 24.3 Å². The van der Waals surface area contributed by atoms with E-state index in [0.29, 0.717) is 40.2 Å². The SMILES string of the molecule is CC(C)(C)OC(=O)NCc1ccc(Cl)cc1C[N+]1(C(=O)[C@H](O)[C@H](c2cccc(C(=O)OC(C)(C)C)c2)c2ccccn2)CCC[C@H]1C(N)=O. The van der Waals surface area contributed by atoms with Crippen molar-refractivity contribution < 1.29 is 38.2 Å². The van der Waals surface area contributed by atoms with Gasteiger partial charge in [0.25, 0.3) is 5.91 Å². The second-order valence-electron chi connectivity index (χ2n) is 14.4. The van der Waals surface area contributed by atoms with E-state index in [1.54, 1.807) is 108 Å². The molecule has 262 valence electrons. The van der Waals surface area contributed by atoms with Crippen molar-refractivity contribution in [1.29, 1.82) is 0 Å². The molecular weight excluding hydrogens is 648 g/mol. The fraction of sp³-hybridized carbons (Fsp3) is 0.432. The highest BCUT2D eigenvalue weighted by atomic mass is 35.5. The number of hydrogen-bond acceptors (Lipinski definition) is 8. The Hall–Kier alpha value is -4.32. The van der Waals surface area contributed by atoms with Gasteiger partial charge in [-0.2, -0.15) is 0 Å². The Bertz CT molecular complexity index is 1690. The molecule has 0 aliphatic carbocycles. The molecule has 1 unspecified atom stereocenters. The Morgan fingerprint density at radius 2 is 1.69 bits per heavy atom. The number of carbonyl (C=O) groups excluding carboxylic acids is 4. The maximum Gasteiger partial charge on any atom is 0.407 e. The highest BCUT2D eigenvalue weighted by Crippen LogP contribution is 2.37. The Kier molecular flexibility index (Phi) is 11.5. The molecule has 4 N–H and O–H groups in total. The van der Waals surface area contributed by atoms with Gasteiger partial charge in [-0.05, 0) is 89.1 Å². The number of esters is 1. The van der Waals surface area contributed by atoms with Crippen LogP contribution in [0.15, 0.2) is 66.9 Å². The number of nitrogens with zero attached hydrogens (tertiary/aromatic N) is 2. The lowest BCUT2D eigenvalue weighted by Crippen LogP contribution is -2.63. The first-order valence-electron chi connectivity index (χ1n) is 16.3. The number of primary amides is 1. The van der Waals surface area contributed by atoms with Gasteiger partial charge in [-0.3, -0.25) is 9.78 Å². The zero-order valence-electron chi connectivity index (χ0n) is 28.9. The molecule has 0 radical (unpaired) electrons. The highest BCUT2D eigenvalue weighted by molar-refractivity contribution is 6.30. The third-order valence-corrected chi connectivity index (χ3v) is 8.53. The summed E-state index contributed by atoms with van der Waals surface area (Å²) in [4.78, 5) is 57.8. The predicted molar refractivity (Wildman–Crippen MR) is 184 cm³/mol. The summed E-state index contributed by atoms with van der Waals surface area (Å²) in [6.07, 6.45) is 0.0699. The van der Waals surface area contributed by atoms with Crippen LogP contribution >= 0.6 is 11.6 Å². The van der Waals surface area contributed by atoms with Crippen molar-refractivity contribution in [3.05, 3.63) is 99.8 Å². The second-order valence-corrected chi connectivity index (χ2v) is 14.8. The summed E-state index contributed by atoms with van der Waals surface area (Å²) in [6.45, 7) is 10.8. The van der Waals surface area contributed by atoms with E-state index in [4.69, 9.17) is 26.8 Å². The smallest absolute Gasteiger partial charge is 0.407 e. The van der Waals surface area contributed by atoms with Crippen molar-refractivity contribution in [2.45, 2.75) is 96.7 Å². The highest BCUT2D eigenvalue weighted by Gasteiger charge is 2.55. The molecule has 0 bridgehead atoms. The predicted octanol–water partition coefficient (Wildman–Crippen LogP) is 5.40. The van der Waals surface area contributed by atoms with Crippen LogP contribution in [0, 0.1) is 0 Å². The van der Waals surface area contributed by atoms with Gasteiger partial charge in [-0.1, -0.05) is 35.9 Å². The van der Waals surface area contributed by atoms with Crippen LogP contribution in [-0.4, -0.2) is 68.3 Å². The third-order valence-electron chi connectivity index (χ3n) is 8.30. The van der Waals surface area contributed by atoms with Crippen LogP contribution in [-0.2, 0) is 32.2 Å². The minimum Gasteiger partial charge on any atom is -0.456 e. The molecule has 4 rings (SSSR count). The number of nitrogens with one attached hydrogen (secondary N) is 1. The summed E-state index contributed by atoms with van der Waals surface area (Å²) in [5.74, 6) is -2.87. The zero-order chi connectivity index (χ0) is 36.1. The van der Waals surface area contributed by atoms with Crippen LogP contribution in [0.25, 0.3) is 0 Å². The Balaban J connectivity index is 1.77. The Labute approximate surface area is 292 Å². The summed E-state index contributed by atoms with van der Waals surface area (Å²) in [5.41, 5.74) is 6.84. The molecule has 0 spiro atoms. The number of aliphatic hydroxyl groups is 1. The fourth-order valence-electron chi connectivity index (χ4n) is 6.26. The lowest BCUT2D eigenvalue weighted by Gasteiger charge is -2.39. The van der Waals surface area contributed by atoms with Gasteiger partial charge in [0.1, 0.15) is 17.7 Å². The van der Waals surface area contributed by atoms with Gasteiger partial charge in [-0.25, -0.2) is 18.9 Å². The molecule has 1 saturated heterocycles. The lowest BCUT2D eigenvalue weighted by atomic mass is 9.87. The number of amides is 3. The van der Waals surface area contributed by atoms with E-state index < -0.39 is 57.6 Å². The van der Waals surface area contributed by atoms with Gasteiger partial charge in [0, 0.05) is 36.2 Å². The first kappa shape index (κ1) is 37.5. The molecule has 3 amide bonds. The molecule has 1 aliphatic heterocycles. The molecule has 1 aromatic heterocycles. The van der Waals surface area contributed by atoms with Crippen molar-refractivity contribution in [1.82, 2.24) is 10.3 Å². The quantitative estimate of drug-likeness (QED) is 0.188. The maximum atomic E-state index is 14.9. The summed E-state index contributed by atoms with van der Waals surface area (Å²) in [7, 11) is 0. The van der Waals surface area contributed by atoms with Gasteiger partial charge in [0.15, 0.2) is 12.1 Å². The number of aromatic nitrogens is 1. The number of aliphatic hydroxyl groups excluding tert-OH is 1. The van der Waals surface area contributed by atoms with Gasteiger partial charge < -0.3 is 25.6 Å². The number of rotatable bonds is 10. The first-order valence-corrected chi connectivity index (χ1v) is 16.6. The number of benzene rings is 2. The van der Waals surface area contributed by atoms with Gasteiger partial charge in [0.2, 0.25) is 0 Å². The van der Waals surface area contributed by atoms with Crippen LogP contribution in [0.1, 0.15) is 93.0 Å². The number of pyridine rings is 1. The van der Waals surface area contributed by atoms with Gasteiger partial charge in [0.05, 0.1) is 23.7 Å². The van der Waals surface area contributed by atoms with Crippen LogP contribution < -0.4 is 11.1 Å². The van der Waals surface area contributed by atoms with E-state index in [2.05, 4.69) is 10.3 Å². The Morgan fingerprint density at radius 1 is 0.980 bits per heavy atom. The molecule has 49 heavy (non-hydrogen) atoms. The molecule has 4 atom stereocenters. The number of hydrogen-bond donors (Lipinski definition) is 3. The number of halogens is 1. The standard InChI is InChI=1S/C37H45ClN4O7/c1-36(2,3)48-34(46)24-12-9-11-23(19-24)30(28-13-7-8-17-40-28)31(43)33(45)42(18-10-14-29(42)32(39)44)22-26-20-27(38)16-15-25(26)21-41-35(47)49-37(4,5)6/h7-9,11-13,15-17,19-20,29-31,43H,10,14,18,21-22H2,1-6H3,(H2-,39,41,44,47)/p+1/t29-,30+,31+,42?/m0/s1. The number of quaternary nitrogens is 1. The molecule has 1 aliphatic rings.